The molecule has 1 aromatic heterocycles. The van der Waals surface area contributed by atoms with Crippen LogP contribution in [0.25, 0.3) is 10.2 Å². The molecular weight excluding hydrogens is 456 g/mol. The Hall–Kier alpha value is -3.42. The number of anilines is 1. The number of rotatable bonds is 9. The van der Waals surface area contributed by atoms with Gasteiger partial charge in [0.25, 0.3) is 5.91 Å². The molecule has 0 radical (unpaired) electrons. The highest BCUT2D eigenvalue weighted by atomic mass is 32.1. The number of para-hydroxylation sites is 1. The summed E-state index contributed by atoms with van der Waals surface area (Å²) in [7, 11) is 0. The lowest BCUT2D eigenvalue weighted by molar-refractivity contribution is 0.0947. The molecule has 35 heavy (non-hydrogen) atoms. The Morgan fingerprint density at radius 2 is 1.74 bits per heavy atom. The van der Waals surface area contributed by atoms with E-state index in [-0.39, 0.29) is 5.91 Å². The molecule has 0 spiro atoms. The van der Waals surface area contributed by atoms with Crippen LogP contribution in [0, 0.1) is 0 Å². The number of aromatic nitrogens is 1. The van der Waals surface area contributed by atoms with Gasteiger partial charge in [-0.15, -0.1) is 0 Å². The Labute approximate surface area is 210 Å². The predicted octanol–water partition coefficient (Wildman–Crippen LogP) is 5.18. The number of ether oxygens (including phenoxy) is 1. The number of nitrogens with zero attached hydrogens (tertiary/aromatic N) is 2. The van der Waals surface area contributed by atoms with Crippen LogP contribution >= 0.6 is 11.3 Å². The molecule has 1 amide bonds. The zero-order valence-corrected chi connectivity index (χ0v) is 20.5. The summed E-state index contributed by atoms with van der Waals surface area (Å²) >= 11 is 1.61. The first-order valence-electron chi connectivity index (χ1n) is 12.1. The van der Waals surface area contributed by atoms with Crippen LogP contribution in [0.3, 0.4) is 0 Å². The number of hydrogen-bond donors (Lipinski definition) is 2. The SMILES string of the molecule is O=C(NCCOc1ccccc1)c1ccc2nc(NC3CCN(Cc4ccccc4)CC3)sc2c1. The molecule has 1 aliphatic heterocycles. The summed E-state index contributed by atoms with van der Waals surface area (Å²) < 4.78 is 6.66. The molecule has 1 fully saturated rings. The number of benzene rings is 3. The van der Waals surface area contributed by atoms with Crippen molar-refractivity contribution in [3.63, 3.8) is 0 Å². The monoisotopic (exact) mass is 486 g/mol. The van der Waals surface area contributed by atoms with Gasteiger partial charge in [0.1, 0.15) is 12.4 Å². The molecule has 0 bridgehead atoms. The summed E-state index contributed by atoms with van der Waals surface area (Å²) in [5.74, 6) is 0.701. The zero-order valence-electron chi connectivity index (χ0n) is 19.7. The average molecular weight is 487 g/mol. The lowest BCUT2D eigenvalue weighted by Gasteiger charge is -2.32. The molecular formula is C28H30N4O2S. The third kappa shape index (κ3) is 6.38. The second-order valence-corrected chi connectivity index (χ2v) is 9.83. The number of carbonyl (C=O) groups is 1. The molecule has 1 saturated heterocycles. The van der Waals surface area contributed by atoms with E-state index in [2.05, 4.69) is 45.9 Å². The number of carbonyl (C=O) groups excluding carboxylic acids is 1. The first-order valence-corrected chi connectivity index (χ1v) is 12.9. The maximum atomic E-state index is 12.6. The minimum Gasteiger partial charge on any atom is -0.492 e. The predicted molar refractivity (Wildman–Crippen MR) is 142 cm³/mol. The molecule has 7 heteroatoms. The topological polar surface area (TPSA) is 66.5 Å². The largest absolute Gasteiger partial charge is 0.492 e. The van der Waals surface area contributed by atoms with Gasteiger partial charge in [-0.25, -0.2) is 4.98 Å². The van der Waals surface area contributed by atoms with Crippen LogP contribution in [-0.2, 0) is 6.54 Å². The Bertz CT molecular complexity index is 1240. The Morgan fingerprint density at radius 3 is 2.51 bits per heavy atom. The maximum absolute atomic E-state index is 12.6. The second-order valence-electron chi connectivity index (χ2n) is 8.80. The van der Waals surface area contributed by atoms with Gasteiger partial charge in [-0.3, -0.25) is 9.69 Å². The zero-order chi connectivity index (χ0) is 23.9. The summed E-state index contributed by atoms with van der Waals surface area (Å²) in [6.45, 7) is 4.05. The summed E-state index contributed by atoms with van der Waals surface area (Å²) in [5, 5.41) is 7.48. The molecule has 0 unspecified atom stereocenters. The fourth-order valence-corrected chi connectivity index (χ4v) is 5.31. The van der Waals surface area contributed by atoms with Crippen molar-refractivity contribution in [3.8, 4) is 5.75 Å². The van der Waals surface area contributed by atoms with E-state index in [1.54, 1.807) is 11.3 Å². The van der Waals surface area contributed by atoms with Crippen molar-refractivity contribution < 1.29 is 9.53 Å². The smallest absolute Gasteiger partial charge is 0.251 e. The Kier molecular flexibility index (Phi) is 7.56. The minimum atomic E-state index is -0.0998. The van der Waals surface area contributed by atoms with Gasteiger partial charge >= 0.3 is 0 Å². The number of amides is 1. The van der Waals surface area contributed by atoms with Crippen LogP contribution in [0.5, 0.6) is 5.75 Å². The van der Waals surface area contributed by atoms with Crippen LogP contribution in [0.4, 0.5) is 5.13 Å². The van der Waals surface area contributed by atoms with Crippen molar-refractivity contribution in [2.45, 2.75) is 25.4 Å². The van der Waals surface area contributed by atoms with E-state index in [0.717, 1.165) is 53.6 Å². The van der Waals surface area contributed by atoms with Gasteiger partial charge in [0.2, 0.25) is 0 Å². The first-order chi connectivity index (χ1) is 17.2. The fourth-order valence-electron chi connectivity index (χ4n) is 4.33. The highest BCUT2D eigenvalue weighted by Gasteiger charge is 2.20. The van der Waals surface area contributed by atoms with Crippen molar-refractivity contribution in [3.05, 3.63) is 90.0 Å². The van der Waals surface area contributed by atoms with Crippen LogP contribution in [0.1, 0.15) is 28.8 Å². The van der Waals surface area contributed by atoms with E-state index in [1.807, 2.05) is 48.5 Å². The lowest BCUT2D eigenvalue weighted by atomic mass is 10.0. The Balaban J connectivity index is 1.10. The molecule has 0 atom stereocenters. The highest BCUT2D eigenvalue weighted by Crippen LogP contribution is 2.28. The van der Waals surface area contributed by atoms with E-state index in [1.165, 1.54) is 5.56 Å². The molecule has 3 aromatic carbocycles. The van der Waals surface area contributed by atoms with Gasteiger partial charge in [0, 0.05) is 31.2 Å². The number of nitrogens with one attached hydrogen (secondary N) is 2. The number of thiazole rings is 1. The third-order valence-corrected chi connectivity index (χ3v) is 7.16. The van der Waals surface area contributed by atoms with Gasteiger partial charge < -0.3 is 15.4 Å². The van der Waals surface area contributed by atoms with E-state index >= 15 is 0 Å². The second kappa shape index (κ2) is 11.3. The van der Waals surface area contributed by atoms with Gasteiger partial charge in [0.15, 0.2) is 5.13 Å². The molecule has 6 nitrogen and oxygen atoms in total. The molecule has 0 saturated carbocycles. The van der Waals surface area contributed by atoms with Crippen LogP contribution in [0.15, 0.2) is 78.9 Å². The quantitative estimate of drug-likeness (QED) is 0.319. The normalized spacial score (nSPS) is 14.6. The summed E-state index contributed by atoms with van der Waals surface area (Å²) in [4.78, 5) is 19.8. The van der Waals surface area contributed by atoms with Crippen LogP contribution in [0.2, 0.25) is 0 Å². The van der Waals surface area contributed by atoms with Crippen molar-refractivity contribution in [1.29, 1.82) is 0 Å². The van der Waals surface area contributed by atoms with E-state index in [4.69, 9.17) is 9.72 Å². The molecule has 2 heterocycles. The molecule has 0 aliphatic carbocycles. The summed E-state index contributed by atoms with van der Waals surface area (Å²) in [6.07, 6.45) is 2.20. The summed E-state index contributed by atoms with van der Waals surface area (Å²) in [6, 6.07) is 26.4. The van der Waals surface area contributed by atoms with Gasteiger partial charge in [0.05, 0.1) is 16.8 Å². The number of likely N-dealkylation sites (tertiary alicyclic amines) is 1. The number of piperidine rings is 1. The van der Waals surface area contributed by atoms with Crippen LogP contribution < -0.4 is 15.4 Å². The fraction of sp³-hybridized carbons (Fsp3) is 0.286. The van der Waals surface area contributed by atoms with Crippen molar-refractivity contribution in [2.24, 2.45) is 0 Å². The van der Waals surface area contributed by atoms with Crippen molar-refractivity contribution >= 4 is 32.6 Å². The summed E-state index contributed by atoms with van der Waals surface area (Å²) in [5.41, 5.74) is 2.93. The van der Waals surface area contributed by atoms with Gasteiger partial charge in [-0.2, -0.15) is 0 Å². The van der Waals surface area contributed by atoms with Gasteiger partial charge in [-0.1, -0.05) is 59.9 Å². The highest BCUT2D eigenvalue weighted by molar-refractivity contribution is 7.22. The Morgan fingerprint density at radius 1 is 1.00 bits per heavy atom. The first kappa shape index (κ1) is 23.3. The molecule has 4 aromatic rings. The van der Waals surface area contributed by atoms with Crippen LogP contribution in [-0.4, -0.2) is 48.1 Å². The van der Waals surface area contributed by atoms with E-state index in [0.29, 0.717) is 24.8 Å². The number of fused-ring (bicyclic) bond motifs is 1. The molecule has 180 valence electrons. The lowest BCUT2D eigenvalue weighted by Crippen LogP contribution is -2.38. The standard InChI is InChI=1S/C28H30N4O2S/c33-27(29-15-18-34-24-9-5-2-6-10-24)22-11-12-25-26(19-22)35-28(31-25)30-23-13-16-32(17-14-23)20-21-7-3-1-4-8-21/h1-12,19,23H,13-18,20H2,(H,29,33)(H,30,31). The third-order valence-electron chi connectivity index (χ3n) is 6.21. The van der Waals surface area contributed by atoms with E-state index in [9.17, 15) is 4.79 Å². The molecule has 5 rings (SSSR count). The van der Waals surface area contributed by atoms with Crippen molar-refractivity contribution in [1.82, 2.24) is 15.2 Å². The van der Waals surface area contributed by atoms with Crippen molar-refractivity contribution in [2.75, 3.05) is 31.6 Å². The maximum Gasteiger partial charge on any atom is 0.251 e. The molecule has 2 N–H and O–H groups in total. The minimum absolute atomic E-state index is 0.0998. The van der Waals surface area contributed by atoms with Gasteiger partial charge in [-0.05, 0) is 48.7 Å². The number of hydrogen-bond acceptors (Lipinski definition) is 6. The molecule has 1 aliphatic rings. The van der Waals surface area contributed by atoms with E-state index < -0.39 is 0 Å². The average Bonchev–Trinajstić information content (AvgIpc) is 3.30.